The summed E-state index contributed by atoms with van der Waals surface area (Å²) in [7, 11) is 0. The van der Waals surface area contributed by atoms with E-state index in [4.69, 9.17) is 4.74 Å². The molecule has 0 saturated heterocycles. The number of nitrogens with zero attached hydrogens (tertiary/aromatic N) is 4. The number of ether oxygens (including phenoxy) is 1. The van der Waals surface area contributed by atoms with Crippen molar-refractivity contribution in [2.75, 3.05) is 12.0 Å². The summed E-state index contributed by atoms with van der Waals surface area (Å²) in [6, 6.07) is 2.53. The fraction of sp³-hybridized carbons (Fsp3) is 0.231. The van der Waals surface area contributed by atoms with E-state index in [1.54, 1.807) is 13.8 Å². The number of nitro groups is 1. The van der Waals surface area contributed by atoms with Gasteiger partial charge in [-0.3, -0.25) is 15.5 Å². The van der Waals surface area contributed by atoms with Crippen LogP contribution in [-0.2, 0) is 0 Å². The average Bonchev–Trinajstić information content (AvgIpc) is 2.53. The van der Waals surface area contributed by atoms with Crippen LogP contribution in [0.25, 0.3) is 0 Å². The summed E-state index contributed by atoms with van der Waals surface area (Å²) in [5.74, 6) is -0.433. The lowest BCUT2D eigenvalue weighted by molar-refractivity contribution is -0.386. The van der Waals surface area contributed by atoms with Gasteiger partial charge in [0.1, 0.15) is 5.69 Å². The Labute approximate surface area is 135 Å². The van der Waals surface area contributed by atoms with E-state index in [0.717, 1.165) is 6.07 Å². The number of aromatic nitrogens is 3. The van der Waals surface area contributed by atoms with Crippen molar-refractivity contribution < 1.29 is 14.8 Å². The number of H-pyrrole nitrogens is 1. The van der Waals surface area contributed by atoms with Gasteiger partial charge in [-0.2, -0.15) is 15.2 Å². The molecular weight excluding hydrogens is 320 g/mol. The molecule has 2 rings (SSSR count). The predicted octanol–water partition coefficient (Wildman–Crippen LogP) is 0.932. The molecule has 11 nitrogen and oxygen atoms in total. The van der Waals surface area contributed by atoms with Crippen LogP contribution < -0.4 is 15.9 Å². The van der Waals surface area contributed by atoms with Gasteiger partial charge in [-0.15, -0.1) is 0 Å². The number of phenolic OH excluding ortho intramolecular Hbond substituents is 1. The van der Waals surface area contributed by atoms with E-state index in [1.807, 2.05) is 0 Å². The Kier molecular flexibility index (Phi) is 5.04. The first kappa shape index (κ1) is 16.9. The number of aryl methyl sites for hydroxylation is 1. The minimum atomic E-state index is -0.727. The van der Waals surface area contributed by atoms with Gasteiger partial charge in [0.15, 0.2) is 11.6 Å². The lowest BCUT2D eigenvalue weighted by atomic mass is 10.2. The van der Waals surface area contributed by atoms with Gasteiger partial charge in [0, 0.05) is 11.6 Å². The van der Waals surface area contributed by atoms with Gasteiger partial charge in [-0.25, -0.2) is 9.89 Å². The highest BCUT2D eigenvalue weighted by molar-refractivity contribution is 5.83. The zero-order chi connectivity index (χ0) is 17.7. The summed E-state index contributed by atoms with van der Waals surface area (Å²) >= 11 is 0. The monoisotopic (exact) mass is 334 g/mol. The molecule has 0 radical (unpaired) electrons. The Morgan fingerprint density at radius 1 is 1.54 bits per heavy atom. The first-order valence-electron chi connectivity index (χ1n) is 6.79. The quantitative estimate of drug-likeness (QED) is 0.400. The molecule has 0 saturated carbocycles. The molecule has 0 atom stereocenters. The first-order valence-corrected chi connectivity index (χ1v) is 6.79. The second kappa shape index (κ2) is 7.17. The maximum absolute atomic E-state index is 11.1. The highest BCUT2D eigenvalue weighted by Crippen LogP contribution is 2.36. The van der Waals surface area contributed by atoms with Crippen LogP contribution in [0.3, 0.4) is 0 Å². The van der Waals surface area contributed by atoms with E-state index in [2.05, 4.69) is 25.7 Å². The zero-order valence-electron chi connectivity index (χ0n) is 12.8. The minimum absolute atomic E-state index is 0.0275. The standard InChI is InChI=1S/C13H14N6O5/c1-3-24-10-5-8(4-9(11(10)20)19(22)23)6-14-17-12-7(2)16-18-13(21)15-12/h4-6,20H,3H2,1-2H3,(H2,15,17,18,21)/b14-6+. The molecule has 0 amide bonds. The third kappa shape index (κ3) is 3.82. The summed E-state index contributed by atoms with van der Waals surface area (Å²) in [5.41, 5.74) is 2.10. The fourth-order valence-electron chi connectivity index (χ4n) is 1.76. The topological polar surface area (TPSA) is 156 Å². The first-order chi connectivity index (χ1) is 11.4. The number of aromatic amines is 1. The van der Waals surface area contributed by atoms with Crippen molar-refractivity contribution in [3.8, 4) is 11.5 Å². The average molecular weight is 334 g/mol. The Morgan fingerprint density at radius 3 is 2.96 bits per heavy atom. The van der Waals surface area contributed by atoms with Crippen molar-refractivity contribution in [3.63, 3.8) is 0 Å². The second-order valence-corrected chi connectivity index (χ2v) is 4.52. The molecule has 126 valence electrons. The number of hydrogen-bond donors (Lipinski definition) is 3. The molecule has 0 unspecified atom stereocenters. The minimum Gasteiger partial charge on any atom is -0.500 e. The van der Waals surface area contributed by atoms with Crippen molar-refractivity contribution >= 4 is 17.7 Å². The molecule has 0 spiro atoms. The van der Waals surface area contributed by atoms with Crippen LogP contribution in [0.2, 0.25) is 0 Å². The number of phenols is 1. The zero-order valence-corrected chi connectivity index (χ0v) is 12.8. The largest absolute Gasteiger partial charge is 0.500 e. The second-order valence-electron chi connectivity index (χ2n) is 4.52. The third-order valence-electron chi connectivity index (χ3n) is 2.83. The van der Waals surface area contributed by atoms with E-state index in [-0.39, 0.29) is 18.2 Å². The Hall–Kier alpha value is -3.50. The SMILES string of the molecule is CCOc1cc(/C=N/Nc2nc(=O)[nH]nc2C)cc([N+](=O)[O-])c1O. The Balaban J connectivity index is 2.29. The molecule has 0 aliphatic carbocycles. The lowest BCUT2D eigenvalue weighted by Crippen LogP contribution is -2.15. The van der Waals surface area contributed by atoms with Crippen molar-refractivity contribution in [2.24, 2.45) is 5.10 Å². The van der Waals surface area contributed by atoms with Crippen LogP contribution in [0.4, 0.5) is 11.5 Å². The number of aromatic hydroxyl groups is 1. The van der Waals surface area contributed by atoms with Crippen molar-refractivity contribution in [3.05, 3.63) is 44.0 Å². The van der Waals surface area contributed by atoms with Crippen LogP contribution in [0.15, 0.2) is 22.0 Å². The number of anilines is 1. The number of hydrogen-bond acceptors (Lipinski definition) is 9. The summed E-state index contributed by atoms with van der Waals surface area (Å²) in [6.45, 7) is 3.52. The molecule has 1 heterocycles. The van der Waals surface area contributed by atoms with Crippen LogP contribution in [-0.4, -0.2) is 38.0 Å². The lowest BCUT2D eigenvalue weighted by Gasteiger charge is -2.07. The van der Waals surface area contributed by atoms with Gasteiger partial charge in [0.25, 0.3) is 0 Å². The highest BCUT2D eigenvalue weighted by atomic mass is 16.6. The van der Waals surface area contributed by atoms with Gasteiger partial charge in [0.2, 0.25) is 5.75 Å². The van der Waals surface area contributed by atoms with Gasteiger partial charge < -0.3 is 9.84 Å². The van der Waals surface area contributed by atoms with Crippen LogP contribution >= 0.6 is 0 Å². The van der Waals surface area contributed by atoms with E-state index in [0.29, 0.717) is 11.3 Å². The van der Waals surface area contributed by atoms with E-state index >= 15 is 0 Å². The fourth-order valence-corrected chi connectivity index (χ4v) is 1.76. The molecule has 1 aromatic heterocycles. The maximum atomic E-state index is 11.1. The number of nitro benzene ring substituents is 1. The van der Waals surface area contributed by atoms with Crippen molar-refractivity contribution in [2.45, 2.75) is 13.8 Å². The number of rotatable bonds is 6. The van der Waals surface area contributed by atoms with E-state index in [9.17, 15) is 20.0 Å². The van der Waals surface area contributed by atoms with Crippen LogP contribution in [0, 0.1) is 17.0 Å². The molecule has 11 heteroatoms. The molecule has 0 aliphatic heterocycles. The maximum Gasteiger partial charge on any atom is 0.363 e. The Morgan fingerprint density at radius 2 is 2.29 bits per heavy atom. The number of hydrazone groups is 1. The van der Waals surface area contributed by atoms with Crippen molar-refractivity contribution in [1.82, 2.24) is 15.2 Å². The van der Waals surface area contributed by atoms with Gasteiger partial charge in [0.05, 0.1) is 17.7 Å². The molecule has 0 bridgehead atoms. The molecule has 0 fully saturated rings. The third-order valence-corrected chi connectivity index (χ3v) is 2.83. The number of benzene rings is 1. The summed E-state index contributed by atoms with van der Waals surface area (Å²) in [5, 5.41) is 30.5. The summed E-state index contributed by atoms with van der Waals surface area (Å²) in [4.78, 5) is 25.0. The van der Waals surface area contributed by atoms with Gasteiger partial charge in [-0.1, -0.05) is 0 Å². The molecule has 3 N–H and O–H groups in total. The van der Waals surface area contributed by atoms with Gasteiger partial charge >= 0.3 is 11.4 Å². The highest BCUT2D eigenvalue weighted by Gasteiger charge is 2.19. The Bertz CT molecular complexity index is 847. The molecule has 2 aromatic rings. The normalized spacial score (nSPS) is 10.8. The molecule has 24 heavy (non-hydrogen) atoms. The molecular formula is C13H14N6O5. The smallest absolute Gasteiger partial charge is 0.363 e. The summed E-state index contributed by atoms with van der Waals surface area (Å²) < 4.78 is 5.16. The predicted molar refractivity (Wildman–Crippen MR) is 84.5 cm³/mol. The molecule has 0 aliphatic rings. The van der Waals surface area contributed by atoms with Crippen molar-refractivity contribution in [1.29, 1.82) is 0 Å². The molecule has 1 aromatic carbocycles. The van der Waals surface area contributed by atoms with Gasteiger partial charge in [-0.05, 0) is 19.9 Å². The number of nitrogens with one attached hydrogen (secondary N) is 2. The van der Waals surface area contributed by atoms with Crippen LogP contribution in [0.5, 0.6) is 11.5 Å². The van der Waals surface area contributed by atoms with Crippen LogP contribution in [0.1, 0.15) is 18.2 Å². The summed E-state index contributed by atoms with van der Waals surface area (Å²) in [6.07, 6.45) is 1.26. The van der Waals surface area contributed by atoms with E-state index < -0.39 is 22.0 Å². The van der Waals surface area contributed by atoms with E-state index in [1.165, 1.54) is 12.3 Å².